The summed E-state index contributed by atoms with van der Waals surface area (Å²) in [6, 6.07) is 10.2. The van der Waals surface area contributed by atoms with Crippen LogP contribution >= 0.6 is 0 Å². The van der Waals surface area contributed by atoms with E-state index in [9.17, 15) is 0 Å². The summed E-state index contributed by atoms with van der Waals surface area (Å²) in [4.78, 5) is 0. The van der Waals surface area contributed by atoms with Crippen LogP contribution in [0.2, 0.25) is 0 Å². The molecule has 0 N–H and O–H groups in total. The molecule has 0 saturated heterocycles. The topological polar surface area (TPSA) is 9.23 Å². The van der Waals surface area contributed by atoms with Gasteiger partial charge in [-0.05, 0) is 5.56 Å². The van der Waals surface area contributed by atoms with Gasteiger partial charge < -0.3 is 4.74 Å². The predicted octanol–water partition coefficient (Wildman–Crippen LogP) is 3.20. The standard InChI is InChI=1S/C12H16O/c1-4-10(2)12(13-3)11-8-6-5-7-9-11/h4-10,12H,1H2,2-3H3/t10-,12-/m0/s1. The summed E-state index contributed by atoms with van der Waals surface area (Å²) in [5.74, 6) is 0.340. The molecule has 0 heterocycles. The highest BCUT2D eigenvalue weighted by Crippen LogP contribution is 2.25. The lowest BCUT2D eigenvalue weighted by Gasteiger charge is -2.19. The number of benzene rings is 1. The summed E-state index contributed by atoms with van der Waals surface area (Å²) in [6.45, 7) is 5.88. The highest BCUT2D eigenvalue weighted by molar-refractivity contribution is 5.19. The van der Waals surface area contributed by atoms with Gasteiger partial charge in [0.2, 0.25) is 0 Å². The summed E-state index contributed by atoms with van der Waals surface area (Å²) in [6.07, 6.45) is 2.04. The molecule has 0 aliphatic carbocycles. The number of hydrogen-bond donors (Lipinski definition) is 0. The van der Waals surface area contributed by atoms with Gasteiger partial charge in [0.1, 0.15) is 0 Å². The highest BCUT2D eigenvalue weighted by atomic mass is 16.5. The molecule has 1 aromatic rings. The lowest BCUT2D eigenvalue weighted by atomic mass is 9.97. The zero-order valence-corrected chi connectivity index (χ0v) is 8.23. The molecule has 0 spiro atoms. The molecule has 0 aliphatic heterocycles. The van der Waals surface area contributed by atoms with E-state index in [4.69, 9.17) is 4.74 Å². The fourth-order valence-electron chi connectivity index (χ4n) is 1.42. The van der Waals surface area contributed by atoms with E-state index in [1.54, 1.807) is 7.11 Å². The monoisotopic (exact) mass is 176 g/mol. The van der Waals surface area contributed by atoms with Crippen molar-refractivity contribution in [2.75, 3.05) is 7.11 Å². The Labute approximate surface area is 80.0 Å². The van der Waals surface area contributed by atoms with Crippen LogP contribution in [0.1, 0.15) is 18.6 Å². The van der Waals surface area contributed by atoms with Crippen molar-refractivity contribution in [2.45, 2.75) is 13.0 Å². The van der Waals surface area contributed by atoms with E-state index >= 15 is 0 Å². The quantitative estimate of drug-likeness (QED) is 0.640. The molecule has 13 heavy (non-hydrogen) atoms. The average Bonchev–Trinajstić information content (AvgIpc) is 2.20. The molecular weight excluding hydrogens is 160 g/mol. The van der Waals surface area contributed by atoms with E-state index in [1.165, 1.54) is 5.56 Å². The Bertz CT molecular complexity index is 253. The summed E-state index contributed by atoms with van der Waals surface area (Å²) in [7, 11) is 1.73. The average molecular weight is 176 g/mol. The molecule has 0 unspecified atom stereocenters. The minimum Gasteiger partial charge on any atom is -0.376 e. The largest absolute Gasteiger partial charge is 0.376 e. The first kappa shape index (κ1) is 10.0. The van der Waals surface area contributed by atoms with Crippen LogP contribution < -0.4 is 0 Å². The second kappa shape index (κ2) is 4.83. The predicted molar refractivity (Wildman–Crippen MR) is 55.6 cm³/mol. The van der Waals surface area contributed by atoms with Crippen LogP contribution in [0.15, 0.2) is 43.0 Å². The maximum atomic E-state index is 5.42. The van der Waals surface area contributed by atoms with Crippen molar-refractivity contribution in [2.24, 2.45) is 5.92 Å². The van der Waals surface area contributed by atoms with E-state index in [0.717, 1.165) is 0 Å². The minimum atomic E-state index is 0.124. The zero-order valence-electron chi connectivity index (χ0n) is 8.23. The smallest absolute Gasteiger partial charge is 0.0880 e. The van der Waals surface area contributed by atoms with Gasteiger partial charge in [0.25, 0.3) is 0 Å². The van der Waals surface area contributed by atoms with Crippen molar-refractivity contribution < 1.29 is 4.74 Å². The second-order valence-corrected chi connectivity index (χ2v) is 3.16. The van der Waals surface area contributed by atoms with Crippen molar-refractivity contribution in [1.82, 2.24) is 0 Å². The van der Waals surface area contributed by atoms with Crippen LogP contribution in [-0.2, 0) is 4.74 Å². The summed E-state index contributed by atoms with van der Waals surface area (Å²) < 4.78 is 5.42. The van der Waals surface area contributed by atoms with Gasteiger partial charge in [-0.2, -0.15) is 0 Å². The zero-order chi connectivity index (χ0) is 9.68. The van der Waals surface area contributed by atoms with E-state index in [2.05, 4.69) is 25.6 Å². The third-order valence-electron chi connectivity index (χ3n) is 2.23. The molecular formula is C12H16O. The Balaban J connectivity index is 2.84. The molecule has 0 saturated carbocycles. The first-order valence-electron chi connectivity index (χ1n) is 4.50. The van der Waals surface area contributed by atoms with Crippen LogP contribution in [0.25, 0.3) is 0 Å². The molecule has 70 valence electrons. The van der Waals surface area contributed by atoms with Crippen LogP contribution in [-0.4, -0.2) is 7.11 Å². The van der Waals surface area contributed by atoms with Crippen LogP contribution in [0.3, 0.4) is 0 Å². The van der Waals surface area contributed by atoms with Gasteiger partial charge in [-0.1, -0.05) is 43.3 Å². The number of rotatable bonds is 4. The van der Waals surface area contributed by atoms with Crippen molar-refractivity contribution in [3.63, 3.8) is 0 Å². The molecule has 1 heteroatoms. The van der Waals surface area contributed by atoms with Crippen LogP contribution in [0.5, 0.6) is 0 Å². The first-order valence-corrected chi connectivity index (χ1v) is 4.50. The van der Waals surface area contributed by atoms with Gasteiger partial charge in [-0.25, -0.2) is 0 Å². The minimum absolute atomic E-state index is 0.124. The SMILES string of the molecule is C=C[C@H](C)[C@H](OC)c1ccccc1. The van der Waals surface area contributed by atoms with Crippen LogP contribution in [0, 0.1) is 5.92 Å². The molecule has 0 bridgehead atoms. The summed E-state index contributed by atoms with van der Waals surface area (Å²) in [5, 5.41) is 0. The van der Waals surface area contributed by atoms with Gasteiger partial charge in [-0.15, -0.1) is 6.58 Å². The molecule has 0 fully saturated rings. The highest BCUT2D eigenvalue weighted by Gasteiger charge is 2.14. The molecule has 1 rings (SSSR count). The maximum absolute atomic E-state index is 5.42. The van der Waals surface area contributed by atoms with Gasteiger partial charge in [-0.3, -0.25) is 0 Å². The molecule has 0 aliphatic rings. The molecule has 0 radical (unpaired) electrons. The lowest BCUT2D eigenvalue weighted by molar-refractivity contribution is 0.0743. The van der Waals surface area contributed by atoms with Crippen molar-refractivity contribution >= 4 is 0 Å². The third kappa shape index (κ3) is 2.43. The lowest BCUT2D eigenvalue weighted by Crippen LogP contribution is -2.09. The second-order valence-electron chi connectivity index (χ2n) is 3.16. The fraction of sp³-hybridized carbons (Fsp3) is 0.333. The number of hydrogen-bond acceptors (Lipinski definition) is 1. The normalized spacial score (nSPS) is 14.9. The summed E-state index contributed by atoms with van der Waals surface area (Å²) in [5.41, 5.74) is 1.21. The first-order chi connectivity index (χ1) is 6.29. The van der Waals surface area contributed by atoms with E-state index in [-0.39, 0.29) is 6.10 Å². The van der Waals surface area contributed by atoms with Gasteiger partial charge >= 0.3 is 0 Å². The Morgan fingerprint density at radius 2 is 1.92 bits per heavy atom. The maximum Gasteiger partial charge on any atom is 0.0880 e. The Kier molecular flexibility index (Phi) is 3.71. The van der Waals surface area contributed by atoms with Gasteiger partial charge in [0, 0.05) is 13.0 Å². The number of methoxy groups -OCH3 is 1. The molecule has 1 aromatic carbocycles. The number of ether oxygens (including phenoxy) is 1. The molecule has 0 aromatic heterocycles. The fourth-order valence-corrected chi connectivity index (χ4v) is 1.42. The van der Waals surface area contributed by atoms with Crippen LogP contribution in [0.4, 0.5) is 0 Å². The van der Waals surface area contributed by atoms with Crippen molar-refractivity contribution in [3.05, 3.63) is 48.6 Å². The third-order valence-corrected chi connectivity index (χ3v) is 2.23. The van der Waals surface area contributed by atoms with Gasteiger partial charge in [0.05, 0.1) is 6.10 Å². The van der Waals surface area contributed by atoms with Gasteiger partial charge in [0.15, 0.2) is 0 Å². The Hall–Kier alpha value is -1.08. The van der Waals surface area contributed by atoms with E-state index in [0.29, 0.717) is 5.92 Å². The van der Waals surface area contributed by atoms with E-state index in [1.807, 2.05) is 24.3 Å². The molecule has 2 atom stereocenters. The molecule has 1 nitrogen and oxygen atoms in total. The Morgan fingerprint density at radius 1 is 1.31 bits per heavy atom. The Morgan fingerprint density at radius 3 is 2.38 bits per heavy atom. The van der Waals surface area contributed by atoms with Crippen molar-refractivity contribution in [3.8, 4) is 0 Å². The summed E-state index contributed by atoms with van der Waals surface area (Å²) >= 11 is 0. The van der Waals surface area contributed by atoms with Crippen molar-refractivity contribution in [1.29, 1.82) is 0 Å². The van der Waals surface area contributed by atoms with E-state index < -0.39 is 0 Å². The molecule has 0 amide bonds.